The Morgan fingerprint density at radius 2 is 1.35 bits per heavy atom. The van der Waals surface area contributed by atoms with Gasteiger partial charge in [0, 0.05) is 0 Å². The molecule has 26 heavy (non-hydrogen) atoms. The maximum absolute atomic E-state index is 12.9. The number of fused-ring (bicyclic) bond motifs is 1. The van der Waals surface area contributed by atoms with Crippen molar-refractivity contribution >= 4 is 0 Å². The van der Waals surface area contributed by atoms with Crippen molar-refractivity contribution in [3.8, 4) is 22.3 Å². The lowest BCUT2D eigenvalue weighted by Gasteiger charge is -2.22. The fourth-order valence-corrected chi connectivity index (χ4v) is 3.76. The predicted molar refractivity (Wildman–Crippen MR) is 99.0 cm³/mol. The van der Waals surface area contributed by atoms with Gasteiger partial charge in [-0.05, 0) is 77.3 Å². The Bertz CT molecular complexity index is 907. The Morgan fingerprint density at radius 3 is 2.04 bits per heavy atom. The molecule has 0 atom stereocenters. The molecular formula is C23H19F3. The molecule has 0 radical (unpaired) electrons. The average molecular weight is 352 g/mol. The van der Waals surface area contributed by atoms with Crippen molar-refractivity contribution in [2.24, 2.45) is 0 Å². The van der Waals surface area contributed by atoms with Crippen LogP contribution in [-0.2, 0) is 19.0 Å². The van der Waals surface area contributed by atoms with Gasteiger partial charge < -0.3 is 0 Å². The van der Waals surface area contributed by atoms with E-state index < -0.39 is 11.7 Å². The number of halogens is 3. The maximum atomic E-state index is 12.9. The first-order chi connectivity index (χ1) is 12.5. The lowest BCUT2D eigenvalue weighted by Crippen LogP contribution is -2.06. The van der Waals surface area contributed by atoms with Gasteiger partial charge in [0.15, 0.2) is 0 Å². The van der Waals surface area contributed by atoms with Gasteiger partial charge in [-0.15, -0.1) is 0 Å². The van der Waals surface area contributed by atoms with Gasteiger partial charge in [0.1, 0.15) is 0 Å². The molecule has 0 heterocycles. The zero-order valence-electron chi connectivity index (χ0n) is 14.3. The fourth-order valence-electron chi connectivity index (χ4n) is 3.76. The van der Waals surface area contributed by atoms with Gasteiger partial charge in [0.25, 0.3) is 0 Å². The molecular weight excluding hydrogens is 333 g/mol. The van der Waals surface area contributed by atoms with E-state index in [0.29, 0.717) is 0 Å². The summed E-state index contributed by atoms with van der Waals surface area (Å²) in [5.74, 6) is 0. The van der Waals surface area contributed by atoms with E-state index in [1.165, 1.54) is 23.3 Å². The van der Waals surface area contributed by atoms with Crippen molar-refractivity contribution in [2.75, 3.05) is 0 Å². The number of benzene rings is 3. The van der Waals surface area contributed by atoms with E-state index in [9.17, 15) is 13.2 Å². The first kappa shape index (κ1) is 16.9. The van der Waals surface area contributed by atoms with Crippen molar-refractivity contribution in [3.63, 3.8) is 0 Å². The van der Waals surface area contributed by atoms with Gasteiger partial charge in [0.05, 0.1) is 5.56 Å². The summed E-state index contributed by atoms with van der Waals surface area (Å²) in [7, 11) is 0. The predicted octanol–water partition coefficient (Wildman–Crippen LogP) is 6.92. The molecule has 0 saturated carbocycles. The molecule has 4 rings (SSSR count). The van der Waals surface area contributed by atoms with Gasteiger partial charge in [-0.25, -0.2) is 0 Å². The van der Waals surface area contributed by atoms with E-state index >= 15 is 0 Å². The van der Waals surface area contributed by atoms with Crippen LogP contribution in [0.15, 0.2) is 66.7 Å². The Balaban J connectivity index is 1.84. The van der Waals surface area contributed by atoms with Crippen molar-refractivity contribution < 1.29 is 13.2 Å². The second-order valence-electron chi connectivity index (χ2n) is 6.81. The van der Waals surface area contributed by atoms with E-state index in [2.05, 4.69) is 24.3 Å². The quantitative estimate of drug-likeness (QED) is 0.470. The molecule has 0 N–H and O–H groups in total. The molecule has 0 bridgehead atoms. The summed E-state index contributed by atoms with van der Waals surface area (Å²) in [6, 6.07) is 20.1. The van der Waals surface area contributed by atoms with Crippen LogP contribution >= 0.6 is 0 Å². The van der Waals surface area contributed by atoms with Gasteiger partial charge in [-0.2, -0.15) is 13.2 Å². The standard InChI is InChI=1S/C23H19F3/c24-23(25,26)20-12-10-17(11-13-20)22-15-19(16-6-2-1-3-7-16)14-18-8-4-5-9-21(18)22/h1-3,6-7,10-15H,4-5,8-9H2. The zero-order valence-corrected chi connectivity index (χ0v) is 14.3. The molecule has 0 saturated heterocycles. The molecule has 3 aromatic rings. The molecule has 0 aliphatic heterocycles. The van der Waals surface area contributed by atoms with Crippen LogP contribution < -0.4 is 0 Å². The second-order valence-corrected chi connectivity index (χ2v) is 6.81. The molecule has 0 unspecified atom stereocenters. The number of rotatable bonds is 2. The largest absolute Gasteiger partial charge is 0.416 e. The summed E-state index contributed by atoms with van der Waals surface area (Å²) in [6.45, 7) is 0. The summed E-state index contributed by atoms with van der Waals surface area (Å²) in [6.07, 6.45) is 0.0112. The van der Waals surface area contributed by atoms with Crippen LogP contribution in [0.25, 0.3) is 22.3 Å². The Hall–Kier alpha value is -2.55. The Kier molecular flexibility index (Phi) is 4.31. The molecule has 132 valence electrons. The van der Waals surface area contributed by atoms with Crippen LogP contribution in [-0.4, -0.2) is 0 Å². The third-order valence-electron chi connectivity index (χ3n) is 5.10. The van der Waals surface area contributed by atoms with Crippen molar-refractivity contribution in [2.45, 2.75) is 31.9 Å². The Morgan fingerprint density at radius 1 is 0.654 bits per heavy atom. The number of alkyl halides is 3. The van der Waals surface area contributed by atoms with Crippen LogP contribution in [0, 0.1) is 0 Å². The highest BCUT2D eigenvalue weighted by Gasteiger charge is 2.30. The fraction of sp³-hybridized carbons (Fsp3) is 0.217. The summed E-state index contributed by atoms with van der Waals surface area (Å²) in [5, 5.41) is 0. The normalized spacial score (nSPS) is 14.1. The maximum Gasteiger partial charge on any atom is 0.416 e. The van der Waals surface area contributed by atoms with Crippen LogP contribution in [0.5, 0.6) is 0 Å². The summed E-state index contributed by atoms with van der Waals surface area (Å²) in [5.41, 5.74) is 6.19. The molecule has 0 nitrogen and oxygen atoms in total. The first-order valence-corrected chi connectivity index (χ1v) is 8.91. The lowest BCUT2D eigenvalue weighted by atomic mass is 9.83. The SMILES string of the molecule is FC(F)(F)c1ccc(-c2cc(-c3ccccc3)cc3c2CCCC3)cc1. The summed E-state index contributed by atoms with van der Waals surface area (Å²) < 4.78 is 38.6. The second kappa shape index (κ2) is 6.64. The van der Waals surface area contributed by atoms with E-state index in [0.717, 1.165) is 47.9 Å². The number of hydrogen-bond acceptors (Lipinski definition) is 0. The molecule has 0 amide bonds. The third kappa shape index (κ3) is 3.26. The number of hydrogen-bond donors (Lipinski definition) is 0. The summed E-state index contributed by atoms with van der Waals surface area (Å²) in [4.78, 5) is 0. The average Bonchev–Trinajstić information content (AvgIpc) is 2.67. The van der Waals surface area contributed by atoms with E-state index in [1.807, 2.05) is 18.2 Å². The molecule has 1 aliphatic carbocycles. The molecule has 3 heteroatoms. The van der Waals surface area contributed by atoms with Crippen LogP contribution in [0.2, 0.25) is 0 Å². The molecule has 0 aromatic heterocycles. The van der Waals surface area contributed by atoms with E-state index in [4.69, 9.17) is 0 Å². The van der Waals surface area contributed by atoms with Crippen LogP contribution in [0.1, 0.15) is 29.5 Å². The van der Waals surface area contributed by atoms with Gasteiger partial charge >= 0.3 is 6.18 Å². The van der Waals surface area contributed by atoms with Crippen molar-refractivity contribution in [3.05, 3.63) is 83.4 Å². The minimum Gasteiger partial charge on any atom is -0.166 e. The summed E-state index contributed by atoms with van der Waals surface area (Å²) >= 11 is 0. The minimum absolute atomic E-state index is 0.602. The topological polar surface area (TPSA) is 0 Å². The van der Waals surface area contributed by atoms with Crippen LogP contribution in [0.3, 0.4) is 0 Å². The first-order valence-electron chi connectivity index (χ1n) is 8.91. The molecule has 1 aliphatic rings. The highest BCUT2D eigenvalue weighted by Crippen LogP contribution is 2.37. The lowest BCUT2D eigenvalue weighted by molar-refractivity contribution is -0.137. The molecule has 0 spiro atoms. The smallest absolute Gasteiger partial charge is 0.166 e. The highest BCUT2D eigenvalue weighted by molar-refractivity contribution is 5.77. The van der Waals surface area contributed by atoms with E-state index in [-0.39, 0.29) is 0 Å². The third-order valence-corrected chi connectivity index (χ3v) is 5.10. The highest BCUT2D eigenvalue weighted by atomic mass is 19.4. The van der Waals surface area contributed by atoms with Gasteiger partial charge in [-0.3, -0.25) is 0 Å². The zero-order chi connectivity index (χ0) is 18.1. The number of aryl methyl sites for hydroxylation is 1. The van der Waals surface area contributed by atoms with E-state index in [1.54, 1.807) is 12.1 Å². The van der Waals surface area contributed by atoms with Gasteiger partial charge in [-0.1, -0.05) is 48.5 Å². The van der Waals surface area contributed by atoms with Gasteiger partial charge in [0.2, 0.25) is 0 Å². The minimum atomic E-state index is -4.30. The van der Waals surface area contributed by atoms with Crippen LogP contribution in [0.4, 0.5) is 13.2 Å². The molecule has 0 fully saturated rings. The molecule has 3 aromatic carbocycles. The van der Waals surface area contributed by atoms with Crippen molar-refractivity contribution in [1.82, 2.24) is 0 Å². The van der Waals surface area contributed by atoms with Crippen molar-refractivity contribution in [1.29, 1.82) is 0 Å². The Labute approximate surface area is 151 Å². The monoisotopic (exact) mass is 352 g/mol.